The van der Waals surface area contributed by atoms with E-state index in [-0.39, 0.29) is 5.57 Å². The molecule has 0 radical (unpaired) electrons. The molecule has 1 aromatic carbocycles. The molecule has 0 aliphatic heterocycles. The van der Waals surface area contributed by atoms with E-state index in [9.17, 15) is 10.1 Å². The van der Waals surface area contributed by atoms with Crippen molar-refractivity contribution in [3.63, 3.8) is 0 Å². The molecule has 3 N–H and O–H groups in total. The lowest BCUT2D eigenvalue weighted by Gasteiger charge is -2.13. The van der Waals surface area contributed by atoms with Crippen molar-refractivity contribution in [2.75, 3.05) is 20.7 Å². The number of hydrogen-bond acceptors (Lipinski definition) is 4. The molecule has 182 valence electrons. The molecule has 0 bridgehead atoms. The summed E-state index contributed by atoms with van der Waals surface area (Å²) in [5.74, 6) is -0.0710. The van der Waals surface area contributed by atoms with E-state index in [1.54, 1.807) is 6.92 Å². The fraction of sp³-hybridized carbons (Fsp3) is 0.357. The first-order chi connectivity index (χ1) is 16.0. The van der Waals surface area contributed by atoms with E-state index in [1.807, 2.05) is 69.0 Å². The number of aliphatic hydroxyl groups is 1. The molecule has 2 rings (SSSR count). The minimum Gasteiger partial charge on any atom is -0.396 e. The van der Waals surface area contributed by atoms with E-state index < -0.39 is 5.91 Å². The zero-order chi connectivity index (χ0) is 26.0. The molecule has 1 heterocycles. The Morgan fingerprint density at radius 1 is 1.29 bits per heavy atom. The zero-order valence-electron chi connectivity index (χ0n) is 21.5. The first kappa shape index (κ1) is 28.5. The second kappa shape index (κ2) is 13.2. The van der Waals surface area contributed by atoms with Crippen LogP contribution < -0.4 is 16.2 Å². The second-order valence-corrected chi connectivity index (χ2v) is 8.71. The quantitative estimate of drug-likeness (QED) is 0.488. The third-order valence-corrected chi connectivity index (χ3v) is 5.50. The average molecular weight is 463 g/mol. The molecule has 0 saturated heterocycles. The summed E-state index contributed by atoms with van der Waals surface area (Å²) in [6, 6.07) is 11.9. The van der Waals surface area contributed by atoms with Crippen LogP contribution in [0.4, 0.5) is 0 Å². The van der Waals surface area contributed by atoms with Crippen molar-refractivity contribution in [1.82, 2.24) is 9.47 Å². The Morgan fingerprint density at radius 2 is 1.94 bits per heavy atom. The topological polar surface area (TPSA) is 95.3 Å². The van der Waals surface area contributed by atoms with Crippen LogP contribution in [0.2, 0.25) is 0 Å². The van der Waals surface area contributed by atoms with Gasteiger partial charge in [-0.25, -0.2) is 0 Å². The Hall–Kier alpha value is -3.56. The highest BCUT2D eigenvalue weighted by Gasteiger charge is 2.15. The van der Waals surface area contributed by atoms with Gasteiger partial charge in [0, 0.05) is 44.8 Å². The number of nitrogens with two attached hydrogens (primary N) is 1. The molecule has 1 aromatic heterocycles. The van der Waals surface area contributed by atoms with E-state index in [4.69, 9.17) is 10.8 Å². The number of nitriles is 1. The highest BCUT2D eigenvalue weighted by Crippen LogP contribution is 2.25. The zero-order valence-corrected chi connectivity index (χ0v) is 21.5. The fourth-order valence-electron chi connectivity index (χ4n) is 3.42. The molecule has 0 saturated carbocycles. The van der Waals surface area contributed by atoms with Crippen molar-refractivity contribution in [2.45, 2.75) is 34.1 Å². The average Bonchev–Trinajstić information content (AvgIpc) is 3.14. The predicted molar refractivity (Wildman–Crippen MR) is 141 cm³/mol. The van der Waals surface area contributed by atoms with Crippen LogP contribution >= 0.6 is 0 Å². The molecule has 0 atom stereocenters. The number of benzene rings is 1. The summed E-state index contributed by atoms with van der Waals surface area (Å²) in [6.45, 7) is 12.4. The van der Waals surface area contributed by atoms with E-state index in [1.165, 1.54) is 0 Å². The van der Waals surface area contributed by atoms with Gasteiger partial charge in [0.1, 0.15) is 11.6 Å². The summed E-state index contributed by atoms with van der Waals surface area (Å²) >= 11 is 0. The van der Waals surface area contributed by atoms with Crippen molar-refractivity contribution < 1.29 is 9.90 Å². The van der Waals surface area contributed by atoms with Crippen molar-refractivity contribution >= 4 is 24.1 Å². The lowest BCUT2D eigenvalue weighted by Crippen LogP contribution is -2.24. The number of amides is 1. The smallest absolute Gasteiger partial charge is 0.259 e. The Balaban J connectivity index is 0.000000852. The Bertz CT molecular complexity index is 1210. The number of carbonyl (C=O) groups excluding carboxylic acids is 1. The Kier molecular flexibility index (Phi) is 11.1. The molecule has 6 nitrogen and oxygen atoms in total. The summed E-state index contributed by atoms with van der Waals surface area (Å²) < 4.78 is 1.95. The molecule has 6 heteroatoms. The van der Waals surface area contributed by atoms with Crippen LogP contribution in [0.15, 0.2) is 47.7 Å². The van der Waals surface area contributed by atoms with E-state index in [0.29, 0.717) is 18.1 Å². The van der Waals surface area contributed by atoms with Crippen LogP contribution in [0.3, 0.4) is 0 Å². The summed E-state index contributed by atoms with van der Waals surface area (Å²) in [7, 11) is 5.91. The minimum absolute atomic E-state index is 0.0295. The van der Waals surface area contributed by atoms with Crippen LogP contribution in [-0.4, -0.2) is 41.2 Å². The number of carbonyl (C=O) groups is 1. The number of nitrogens with zero attached hydrogens (tertiary/aromatic N) is 3. The molecular weight excluding hydrogens is 424 g/mol. The number of allylic oxidation sites excluding steroid dienone is 3. The van der Waals surface area contributed by atoms with Crippen LogP contribution in [0.25, 0.3) is 29.5 Å². The fourth-order valence-corrected chi connectivity index (χ4v) is 3.42. The number of hydrogen-bond donors (Lipinski definition) is 2. The number of primary amides is 1. The first-order valence-electron chi connectivity index (χ1n) is 11.3. The number of aromatic nitrogens is 1. The Morgan fingerprint density at radius 3 is 2.35 bits per heavy atom. The predicted octanol–water partition coefficient (Wildman–Crippen LogP) is 3.16. The van der Waals surface area contributed by atoms with Gasteiger partial charge < -0.3 is 20.3 Å². The lowest BCUT2D eigenvalue weighted by atomic mass is 10.1. The van der Waals surface area contributed by atoms with Gasteiger partial charge >= 0.3 is 0 Å². The van der Waals surface area contributed by atoms with Gasteiger partial charge in [0.15, 0.2) is 0 Å². The van der Waals surface area contributed by atoms with Gasteiger partial charge in [-0.05, 0) is 72.0 Å². The summed E-state index contributed by atoms with van der Waals surface area (Å²) in [5.41, 5.74) is 9.70. The molecule has 0 spiro atoms. The van der Waals surface area contributed by atoms with Gasteiger partial charge in [-0.2, -0.15) is 5.26 Å². The molecule has 0 unspecified atom stereocenters. The lowest BCUT2D eigenvalue weighted by molar-refractivity contribution is -0.114. The molecule has 34 heavy (non-hydrogen) atoms. The molecule has 2 aromatic rings. The van der Waals surface area contributed by atoms with Crippen LogP contribution in [0, 0.1) is 17.2 Å². The van der Waals surface area contributed by atoms with Crippen molar-refractivity contribution in [3.8, 4) is 17.3 Å². The van der Waals surface area contributed by atoms with Crippen molar-refractivity contribution in [3.05, 3.63) is 63.8 Å². The molecule has 0 aliphatic carbocycles. The van der Waals surface area contributed by atoms with Crippen LogP contribution in [-0.2, 0) is 11.8 Å². The monoisotopic (exact) mass is 462 g/mol. The van der Waals surface area contributed by atoms with E-state index in [0.717, 1.165) is 39.5 Å². The standard InChI is InChI=1S/C23H26N4O.C5H12O/c1-7-19(26(4)5)13-17-8-9-18(12-15(17)2)22-11-10-21(27(22)6)16(3)20(14-24)23(25)28;1-5(2)3-4-6/h7-13H,2H2,1,3-6H3,(H2,25,28);5-6H,3-4H2,1-2H3/b17-13-,19-7+,20-16+;. The largest absolute Gasteiger partial charge is 0.396 e. The van der Waals surface area contributed by atoms with Gasteiger partial charge in [-0.1, -0.05) is 38.6 Å². The van der Waals surface area contributed by atoms with Crippen LogP contribution in [0.5, 0.6) is 0 Å². The summed E-state index contributed by atoms with van der Waals surface area (Å²) in [5, 5.41) is 19.4. The van der Waals surface area contributed by atoms with E-state index in [2.05, 4.69) is 37.5 Å². The van der Waals surface area contributed by atoms with Gasteiger partial charge in [0.05, 0.1) is 0 Å². The maximum atomic E-state index is 11.5. The normalized spacial score (nSPS) is 12.6. The SMILES string of the molecule is C=c1cc(-c2ccc(/C(C)=C(\C#N)C(N)=O)n2C)cc/c1=C/C(=C\C)N(C)C.CC(C)CCO. The maximum absolute atomic E-state index is 11.5. The highest BCUT2D eigenvalue weighted by molar-refractivity contribution is 6.03. The minimum atomic E-state index is -0.719. The molecule has 0 aliphatic rings. The van der Waals surface area contributed by atoms with Gasteiger partial charge in [0.25, 0.3) is 5.91 Å². The maximum Gasteiger partial charge on any atom is 0.259 e. The summed E-state index contributed by atoms with van der Waals surface area (Å²) in [4.78, 5) is 13.5. The molecule has 0 fully saturated rings. The van der Waals surface area contributed by atoms with Gasteiger partial charge in [-0.3, -0.25) is 4.79 Å². The van der Waals surface area contributed by atoms with Crippen molar-refractivity contribution in [2.24, 2.45) is 18.7 Å². The van der Waals surface area contributed by atoms with Gasteiger partial charge in [0.2, 0.25) is 0 Å². The Labute approximate surface area is 203 Å². The number of aliphatic hydroxyl groups excluding tert-OH is 1. The number of rotatable bonds is 7. The van der Waals surface area contributed by atoms with Gasteiger partial charge in [-0.15, -0.1) is 0 Å². The van der Waals surface area contributed by atoms with Crippen molar-refractivity contribution in [1.29, 1.82) is 5.26 Å². The highest BCUT2D eigenvalue weighted by atomic mass is 16.3. The second-order valence-electron chi connectivity index (χ2n) is 8.71. The first-order valence-corrected chi connectivity index (χ1v) is 11.3. The summed E-state index contributed by atoms with van der Waals surface area (Å²) in [6.07, 6.45) is 5.08. The van der Waals surface area contributed by atoms with Crippen LogP contribution in [0.1, 0.15) is 39.8 Å². The third kappa shape index (κ3) is 7.50. The van der Waals surface area contributed by atoms with E-state index >= 15 is 0 Å². The molecule has 1 amide bonds. The molecular formula is C28H38N4O2. The third-order valence-electron chi connectivity index (χ3n) is 5.50.